The standard InChI is InChI=1S/C16H23ClN6OS.HI/c1-11-14(25-10-21-11)15(24)19-5-6-20-16(18-2)23(4)9-13-7-12(17)8-22(13)3;/h7-8,10H,5-6,9H2,1-4H3,(H,18,20)(H,19,24);1H. The number of aryl methyl sites for hydroxylation is 2. The van der Waals surface area contributed by atoms with Crippen molar-refractivity contribution in [3.05, 3.63) is 39.1 Å². The first-order valence-electron chi connectivity index (χ1n) is 7.83. The van der Waals surface area contributed by atoms with Crippen molar-refractivity contribution in [2.75, 3.05) is 27.2 Å². The number of hydrogen-bond acceptors (Lipinski definition) is 4. The van der Waals surface area contributed by atoms with Crippen molar-refractivity contribution in [2.45, 2.75) is 13.5 Å². The number of amides is 1. The van der Waals surface area contributed by atoms with Crippen LogP contribution in [0.5, 0.6) is 0 Å². The summed E-state index contributed by atoms with van der Waals surface area (Å²) in [5.41, 5.74) is 3.52. The van der Waals surface area contributed by atoms with Crippen LogP contribution in [0.3, 0.4) is 0 Å². The largest absolute Gasteiger partial charge is 0.354 e. The summed E-state index contributed by atoms with van der Waals surface area (Å²) < 4.78 is 1.99. The highest BCUT2D eigenvalue weighted by atomic mass is 127. The van der Waals surface area contributed by atoms with E-state index in [-0.39, 0.29) is 29.9 Å². The molecule has 0 atom stereocenters. The summed E-state index contributed by atoms with van der Waals surface area (Å²) in [4.78, 5) is 23.0. The van der Waals surface area contributed by atoms with E-state index in [1.165, 1.54) is 11.3 Å². The van der Waals surface area contributed by atoms with Crippen LogP contribution in [0.15, 0.2) is 22.8 Å². The van der Waals surface area contributed by atoms with Gasteiger partial charge in [0.05, 0.1) is 22.8 Å². The second-order valence-electron chi connectivity index (χ2n) is 5.61. The Kier molecular flexibility index (Phi) is 9.37. The fourth-order valence-electron chi connectivity index (χ4n) is 2.38. The van der Waals surface area contributed by atoms with E-state index in [0.717, 1.165) is 22.4 Å². The van der Waals surface area contributed by atoms with Crippen molar-refractivity contribution in [1.29, 1.82) is 0 Å². The SMILES string of the molecule is CN=C(NCCNC(=O)c1scnc1C)N(C)Cc1cc(Cl)cn1C.I. The summed E-state index contributed by atoms with van der Waals surface area (Å²) in [7, 11) is 5.65. The van der Waals surface area contributed by atoms with E-state index in [4.69, 9.17) is 11.6 Å². The predicted octanol–water partition coefficient (Wildman–Crippen LogP) is 2.50. The number of rotatable bonds is 6. The number of aromatic nitrogens is 2. The van der Waals surface area contributed by atoms with Gasteiger partial charge in [0.2, 0.25) is 0 Å². The lowest BCUT2D eigenvalue weighted by molar-refractivity contribution is 0.0957. The molecule has 1 amide bonds. The third-order valence-electron chi connectivity index (χ3n) is 3.69. The minimum Gasteiger partial charge on any atom is -0.354 e. The van der Waals surface area contributed by atoms with Crippen LogP contribution in [0.4, 0.5) is 0 Å². The zero-order valence-corrected chi connectivity index (χ0v) is 19.1. The highest BCUT2D eigenvalue weighted by Crippen LogP contribution is 2.14. The number of hydrogen-bond donors (Lipinski definition) is 2. The molecule has 0 radical (unpaired) electrons. The molecule has 2 rings (SSSR count). The van der Waals surface area contributed by atoms with Crippen molar-refractivity contribution in [1.82, 2.24) is 25.1 Å². The van der Waals surface area contributed by atoms with Crippen LogP contribution in [0.1, 0.15) is 21.1 Å². The Balaban J connectivity index is 0.00000338. The van der Waals surface area contributed by atoms with Crippen LogP contribution in [-0.2, 0) is 13.6 Å². The van der Waals surface area contributed by atoms with Gasteiger partial charge in [0.15, 0.2) is 5.96 Å². The Morgan fingerprint density at radius 3 is 2.65 bits per heavy atom. The summed E-state index contributed by atoms with van der Waals surface area (Å²) >= 11 is 7.37. The first kappa shape index (κ1) is 22.7. The van der Waals surface area contributed by atoms with E-state index >= 15 is 0 Å². The molecule has 2 aromatic heterocycles. The molecule has 0 spiro atoms. The number of carbonyl (C=O) groups excluding carboxylic acids is 1. The molecule has 0 fully saturated rings. The fraction of sp³-hybridized carbons (Fsp3) is 0.438. The summed E-state index contributed by atoms with van der Waals surface area (Å²) in [6.07, 6.45) is 1.87. The van der Waals surface area contributed by atoms with Crippen molar-refractivity contribution in [2.24, 2.45) is 12.0 Å². The average Bonchev–Trinajstić information content (AvgIpc) is 3.12. The molecule has 0 aliphatic rings. The van der Waals surface area contributed by atoms with E-state index in [0.29, 0.717) is 24.5 Å². The maximum absolute atomic E-state index is 12.0. The van der Waals surface area contributed by atoms with Crippen molar-refractivity contribution < 1.29 is 4.79 Å². The van der Waals surface area contributed by atoms with Crippen LogP contribution in [0.25, 0.3) is 0 Å². The molecule has 144 valence electrons. The lowest BCUT2D eigenvalue weighted by Crippen LogP contribution is -2.42. The fourth-order valence-corrected chi connectivity index (χ4v) is 3.37. The van der Waals surface area contributed by atoms with Gasteiger partial charge in [-0.2, -0.15) is 0 Å². The molecule has 2 N–H and O–H groups in total. The number of aliphatic imine (C=N–C) groups is 1. The van der Waals surface area contributed by atoms with Gasteiger partial charge in [-0.25, -0.2) is 4.98 Å². The Morgan fingerprint density at radius 1 is 1.42 bits per heavy atom. The van der Waals surface area contributed by atoms with Gasteiger partial charge in [-0.3, -0.25) is 9.79 Å². The maximum atomic E-state index is 12.0. The summed E-state index contributed by atoms with van der Waals surface area (Å²) in [5, 5.41) is 6.84. The minimum atomic E-state index is -0.0939. The summed E-state index contributed by atoms with van der Waals surface area (Å²) in [6.45, 7) is 3.58. The lowest BCUT2D eigenvalue weighted by Gasteiger charge is -2.22. The molecule has 0 saturated heterocycles. The molecule has 0 aliphatic heterocycles. The number of nitrogens with zero attached hydrogens (tertiary/aromatic N) is 4. The first-order chi connectivity index (χ1) is 11.9. The minimum absolute atomic E-state index is 0. The molecule has 7 nitrogen and oxygen atoms in total. The highest BCUT2D eigenvalue weighted by Gasteiger charge is 2.12. The van der Waals surface area contributed by atoms with E-state index in [2.05, 4.69) is 20.6 Å². The van der Waals surface area contributed by atoms with Crippen molar-refractivity contribution in [3.8, 4) is 0 Å². The second kappa shape index (κ2) is 10.7. The van der Waals surface area contributed by atoms with Gasteiger partial charge in [-0.15, -0.1) is 35.3 Å². The monoisotopic (exact) mass is 510 g/mol. The normalized spacial score (nSPS) is 11.0. The van der Waals surface area contributed by atoms with Gasteiger partial charge in [0.1, 0.15) is 4.88 Å². The molecule has 26 heavy (non-hydrogen) atoms. The number of halogens is 2. The van der Waals surface area contributed by atoms with Gasteiger partial charge in [0, 0.05) is 46.1 Å². The zero-order chi connectivity index (χ0) is 18.4. The van der Waals surface area contributed by atoms with Gasteiger partial charge in [0.25, 0.3) is 5.91 Å². The zero-order valence-electron chi connectivity index (χ0n) is 15.2. The van der Waals surface area contributed by atoms with E-state index in [9.17, 15) is 4.79 Å². The number of carbonyl (C=O) groups is 1. The van der Waals surface area contributed by atoms with Crippen LogP contribution < -0.4 is 10.6 Å². The van der Waals surface area contributed by atoms with Crippen molar-refractivity contribution in [3.63, 3.8) is 0 Å². The van der Waals surface area contributed by atoms with Gasteiger partial charge in [-0.1, -0.05) is 11.6 Å². The quantitative estimate of drug-likeness (QED) is 0.271. The van der Waals surface area contributed by atoms with E-state index in [1.807, 2.05) is 42.7 Å². The van der Waals surface area contributed by atoms with Gasteiger partial charge >= 0.3 is 0 Å². The number of thiazole rings is 1. The average molecular weight is 511 g/mol. The molecular weight excluding hydrogens is 487 g/mol. The molecule has 0 unspecified atom stereocenters. The highest BCUT2D eigenvalue weighted by molar-refractivity contribution is 14.0. The molecule has 2 aromatic rings. The molecule has 0 aromatic carbocycles. The van der Waals surface area contributed by atoms with E-state index in [1.54, 1.807) is 12.6 Å². The number of nitrogens with one attached hydrogen (secondary N) is 2. The molecular formula is C16H24ClIN6OS. The van der Waals surface area contributed by atoms with Crippen LogP contribution in [0.2, 0.25) is 5.02 Å². The van der Waals surface area contributed by atoms with Crippen LogP contribution in [0, 0.1) is 6.92 Å². The third-order valence-corrected chi connectivity index (χ3v) is 4.83. The molecule has 10 heteroatoms. The Labute approximate surface area is 179 Å². The third kappa shape index (κ3) is 6.13. The first-order valence-corrected chi connectivity index (χ1v) is 9.09. The number of guanidine groups is 1. The van der Waals surface area contributed by atoms with E-state index < -0.39 is 0 Å². The van der Waals surface area contributed by atoms with Gasteiger partial charge < -0.3 is 20.1 Å². The smallest absolute Gasteiger partial charge is 0.263 e. The Hall–Kier alpha value is -1.33. The predicted molar refractivity (Wildman–Crippen MR) is 118 cm³/mol. The summed E-state index contributed by atoms with van der Waals surface area (Å²) in [5.74, 6) is 0.657. The molecule has 0 saturated carbocycles. The Bertz CT molecular complexity index is 760. The molecule has 0 bridgehead atoms. The summed E-state index contributed by atoms with van der Waals surface area (Å²) in [6, 6.07) is 1.93. The van der Waals surface area contributed by atoms with Gasteiger partial charge in [-0.05, 0) is 13.0 Å². The van der Waals surface area contributed by atoms with Crippen LogP contribution in [-0.4, -0.2) is 53.5 Å². The molecule has 0 aliphatic carbocycles. The lowest BCUT2D eigenvalue weighted by atomic mass is 10.4. The molecule has 2 heterocycles. The van der Waals surface area contributed by atoms with Crippen molar-refractivity contribution >= 4 is 58.8 Å². The Morgan fingerprint density at radius 2 is 2.12 bits per heavy atom. The second-order valence-corrected chi connectivity index (χ2v) is 6.90. The maximum Gasteiger partial charge on any atom is 0.263 e. The van der Waals surface area contributed by atoms with Crippen LogP contribution >= 0.6 is 46.9 Å². The topological polar surface area (TPSA) is 74.5 Å².